The van der Waals surface area contributed by atoms with Crippen LogP contribution >= 0.6 is 0 Å². The third-order valence-corrected chi connectivity index (χ3v) is 9.29. The number of Topliss-reactive ketones (excluding diaryl/α,β-unsaturated/α-hetero) is 1. The number of phenolic OH excluding ortho intramolecular Hbond substituents is 1. The summed E-state index contributed by atoms with van der Waals surface area (Å²) in [6, 6.07) is 19.3. The van der Waals surface area contributed by atoms with Gasteiger partial charge in [0.05, 0.1) is 17.5 Å². The second-order valence-electron chi connectivity index (χ2n) is 12.0. The number of nitrogens with one attached hydrogen (secondary N) is 1. The van der Waals surface area contributed by atoms with Crippen molar-refractivity contribution in [2.45, 2.75) is 32.0 Å². The number of amides is 2. The van der Waals surface area contributed by atoms with Gasteiger partial charge in [-0.2, -0.15) is 0 Å². The number of phenols is 1. The normalized spacial score (nSPS) is 24.0. The van der Waals surface area contributed by atoms with E-state index in [2.05, 4.69) is 10.1 Å². The summed E-state index contributed by atoms with van der Waals surface area (Å²) in [5.74, 6) is -6.35. The van der Waals surface area contributed by atoms with Crippen molar-refractivity contribution in [1.29, 1.82) is 0 Å². The maximum Gasteiger partial charge on any atom is 0.573 e. The van der Waals surface area contributed by atoms with Crippen LogP contribution in [-0.2, 0) is 19.2 Å². The Morgan fingerprint density at radius 2 is 1.60 bits per heavy atom. The number of nitrogens with zero attached hydrogens (tertiary/aromatic N) is 1. The molecule has 4 atom stereocenters. The van der Waals surface area contributed by atoms with Crippen molar-refractivity contribution in [3.8, 4) is 11.5 Å². The largest absolute Gasteiger partial charge is 0.573 e. The van der Waals surface area contributed by atoms with Gasteiger partial charge < -0.3 is 15.2 Å². The molecule has 3 aliphatic carbocycles. The molecule has 238 valence electrons. The van der Waals surface area contributed by atoms with Gasteiger partial charge in [-0.05, 0) is 86.4 Å². The van der Waals surface area contributed by atoms with Gasteiger partial charge in [0.1, 0.15) is 11.5 Å². The third kappa shape index (κ3) is 5.21. The average Bonchev–Trinajstić information content (AvgIpc) is 3.29. The molecule has 0 unspecified atom stereocenters. The summed E-state index contributed by atoms with van der Waals surface area (Å²) in [6.07, 6.45) is -2.00. The van der Waals surface area contributed by atoms with Crippen LogP contribution in [0.25, 0.3) is 0 Å². The van der Waals surface area contributed by atoms with E-state index >= 15 is 0 Å². The van der Waals surface area contributed by atoms with E-state index in [-0.39, 0.29) is 35.1 Å². The monoisotopic (exact) mass is 640 g/mol. The molecule has 0 radical (unpaired) electrons. The standard InChI is InChI=1S/C36H27F3N2O6/c1-18-15-29(43)32-27(33(18)44)17-25-23(30(32)26-16-22(11-14-28(26)42)47-36(37,38)39)12-13-24-31(25)35(46)41(34(24)45)21-9-7-20(8-10-21)40-19-5-3-2-4-6-19/h2-12,14-16,24-25,30-31,40,42H,13,17H2,1H3/t24-,25+,30+,31-/m0/s1. The number of carbonyl (C=O) groups is 4. The fourth-order valence-corrected chi connectivity index (χ4v) is 7.33. The number of allylic oxidation sites excluding steroid dienone is 6. The summed E-state index contributed by atoms with van der Waals surface area (Å²) in [6.45, 7) is 1.49. The lowest BCUT2D eigenvalue weighted by Crippen LogP contribution is -2.39. The van der Waals surface area contributed by atoms with E-state index in [9.17, 15) is 37.5 Å². The van der Waals surface area contributed by atoms with Crippen LogP contribution in [0.1, 0.15) is 31.2 Å². The van der Waals surface area contributed by atoms with E-state index in [1.165, 1.54) is 13.0 Å². The maximum atomic E-state index is 14.2. The number of hydrogen-bond acceptors (Lipinski definition) is 7. The smallest absolute Gasteiger partial charge is 0.508 e. The Hall–Kier alpha value is -5.45. The molecule has 0 bridgehead atoms. The van der Waals surface area contributed by atoms with Crippen LogP contribution in [0.5, 0.6) is 11.5 Å². The summed E-state index contributed by atoms with van der Waals surface area (Å²) < 4.78 is 43.5. The highest BCUT2D eigenvalue weighted by Gasteiger charge is 2.57. The second kappa shape index (κ2) is 11.1. The lowest BCUT2D eigenvalue weighted by Gasteiger charge is -2.42. The molecule has 1 aliphatic heterocycles. The van der Waals surface area contributed by atoms with Gasteiger partial charge in [-0.1, -0.05) is 29.8 Å². The molecule has 3 aromatic carbocycles. The van der Waals surface area contributed by atoms with Crippen LogP contribution in [0.2, 0.25) is 0 Å². The van der Waals surface area contributed by atoms with Crippen LogP contribution in [0.4, 0.5) is 30.2 Å². The Morgan fingerprint density at radius 1 is 0.894 bits per heavy atom. The Kier molecular flexibility index (Phi) is 7.14. The lowest BCUT2D eigenvalue weighted by molar-refractivity contribution is -0.274. The molecule has 4 aliphatic rings. The van der Waals surface area contributed by atoms with Crippen molar-refractivity contribution in [1.82, 2.24) is 0 Å². The molecule has 0 aromatic heterocycles. The summed E-state index contributed by atoms with van der Waals surface area (Å²) in [5.41, 5.74) is 2.75. The molecular weight excluding hydrogens is 613 g/mol. The van der Waals surface area contributed by atoms with Gasteiger partial charge in [-0.25, -0.2) is 0 Å². The Morgan fingerprint density at radius 3 is 2.30 bits per heavy atom. The summed E-state index contributed by atoms with van der Waals surface area (Å²) >= 11 is 0. The fraction of sp³-hybridized carbons (Fsp3) is 0.222. The molecule has 1 saturated heterocycles. The van der Waals surface area contributed by atoms with Crippen molar-refractivity contribution >= 4 is 40.4 Å². The first kappa shape index (κ1) is 30.2. The van der Waals surface area contributed by atoms with Crippen molar-refractivity contribution in [3.63, 3.8) is 0 Å². The average molecular weight is 641 g/mol. The van der Waals surface area contributed by atoms with Gasteiger partial charge >= 0.3 is 6.36 Å². The van der Waals surface area contributed by atoms with E-state index in [1.54, 1.807) is 30.3 Å². The first-order valence-corrected chi connectivity index (χ1v) is 15.0. The quantitative estimate of drug-likeness (QED) is 0.182. The van der Waals surface area contributed by atoms with Gasteiger partial charge in [0.2, 0.25) is 11.8 Å². The van der Waals surface area contributed by atoms with Gasteiger partial charge in [-0.15, -0.1) is 13.2 Å². The lowest BCUT2D eigenvalue weighted by atomic mass is 9.59. The highest BCUT2D eigenvalue weighted by molar-refractivity contribution is 6.25. The zero-order valence-corrected chi connectivity index (χ0v) is 24.9. The minimum Gasteiger partial charge on any atom is -0.508 e. The van der Waals surface area contributed by atoms with Crippen molar-refractivity contribution in [2.75, 3.05) is 10.2 Å². The molecule has 11 heteroatoms. The number of rotatable bonds is 5. The first-order valence-electron chi connectivity index (χ1n) is 15.0. The number of aromatic hydroxyl groups is 1. The summed E-state index contributed by atoms with van der Waals surface area (Å²) in [7, 11) is 0. The number of anilines is 3. The molecule has 8 nitrogen and oxygen atoms in total. The van der Waals surface area contributed by atoms with E-state index in [1.807, 2.05) is 30.3 Å². The molecule has 0 saturated carbocycles. The summed E-state index contributed by atoms with van der Waals surface area (Å²) in [5, 5.41) is 14.2. The molecule has 47 heavy (non-hydrogen) atoms. The number of ether oxygens (including phenoxy) is 1. The third-order valence-electron chi connectivity index (χ3n) is 9.29. The number of carbonyl (C=O) groups excluding carboxylic acids is 4. The molecule has 1 fully saturated rings. The van der Waals surface area contributed by atoms with Crippen LogP contribution in [0.3, 0.4) is 0 Å². The minimum absolute atomic E-state index is 0.0130. The van der Waals surface area contributed by atoms with Crippen molar-refractivity contribution < 1.29 is 42.2 Å². The fourth-order valence-electron chi connectivity index (χ4n) is 7.33. The molecule has 7 rings (SSSR count). The molecule has 3 aromatic rings. The summed E-state index contributed by atoms with van der Waals surface area (Å²) in [4.78, 5) is 56.0. The van der Waals surface area contributed by atoms with E-state index in [0.717, 1.165) is 34.5 Å². The number of halogens is 3. The number of para-hydroxylation sites is 1. The Labute approximate surface area is 266 Å². The maximum absolute atomic E-state index is 14.2. The predicted octanol–water partition coefficient (Wildman–Crippen LogP) is 6.67. The van der Waals surface area contributed by atoms with Gasteiger partial charge in [0, 0.05) is 39.6 Å². The molecule has 2 N–H and O–H groups in total. The number of hydrogen-bond donors (Lipinski definition) is 2. The number of imide groups is 1. The van der Waals surface area contributed by atoms with Crippen LogP contribution in [-0.4, -0.2) is 34.8 Å². The van der Waals surface area contributed by atoms with Crippen molar-refractivity contribution in [3.05, 3.63) is 113 Å². The second-order valence-corrected chi connectivity index (χ2v) is 12.0. The zero-order valence-electron chi connectivity index (χ0n) is 24.9. The van der Waals surface area contributed by atoms with Gasteiger partial charge in [-0.3, -0.25) is 24.1 Å². The van der Waals surface area contributed by atoms with Crippen LogP contribution in [0, 0.1) is 17.8 Å². The molecule has 1 heterocycles. The Bertz CT molecular complexity index is 1940. The zero-order chi connectivity index (χ0) is 33.2. The SMILES string of the molecule is CC1=CC(=O)C2=C(C[C@@H]3C(=CC[C@@H]4C(=O)N(c5ccc(Nc6ccccc6)cc5)C(=O)[C@@H]43)[C@@H]2c2cc(OC(F)(F)F)ccc2O)C1=O. The van der Waals surface area contributed by atoms with Gasteiger partial charge in [0.25, 0.3) is 0 Å². The highest BCUT2D eigenvalue weighted by Crippen LogP contribution is 2.56. The molecule has 0 spiro atoms. The first-order chi connectivity index (χ1) is 22.4. The molecule has 2 amide bonds. The van der Waals surface area contributed by atoms with E-state index in [0.29, 0.717) is 11.3 Å². The minimum atomic E-state index is -5.02. The number of ketones is 2. The number of fused-ring (bicyclic) bond motifs is 3. The highest BCUT2D eigenvalue weighted by atomic mass is 19.4. The number of alkyl halides is 3. The van der Waals surface area contributed by atoms with E-state index in [4.69, 9.17) is 0 Å². The predicted molar refractivity (Wildman–Crippen MR) is 165 cm³/mol. The van der Waals surface area contributed by atoms with Crippen LogP contribution < -0.4 is 15.0 Å². The van der Waals surface area contributed by atoms with Crippen molar-refractivity contribution in [2.24, 2.45) is 17.8 Å². The Balaban J connectivity index is 1.27. The molecular formula is C36H27F3N2O6. The topological polar surface area (TPSA) is 113 Å². The van der Waals surface area contributed by atoms with Crippen LogP contribution in [0.15, 0.2) is 107 Å². The number of benzene rings is 3. The van der Waals surface area contributed by atoms with E-state index < -0.39 is 64.9 Å². The van der Waals surface area contributed by atoms with Gasteiger partial charge in [0.15, 0.2) is 11.6 Å².